The van der Waals surface area contributed by atoms with Crippen LogP contribution >= 0.6 is 11.6 Å². The van der Waals surface area contributed by atoms with Gasteiger partial charge in [0.25, 0.3) is 0 Å². The van der Waals surface area contributed by atoms with E-state index in [4.69, 9.17) is 17.3 Å². The van der Waals surface area contributed by atoms with E-state index in [1.165, 1.54) is 0 Å². The largest absolute Gasteiger partial charge is 0.355 e. The Morgan fingerprint density at radius 3 is 2.70 bits per heavy atom. The molecule has 0 saturated heterocycles. The fraction of sp³-hybridized carbons (Fsp3) is 0.533. The number of hydrogen-bond donors (Lipinski definition) is 2. The molecule has 1 aromatic carbocycles. The van der Waals surface area contributed by atoms with E-state index in [1.807, 2.05) is 30.1 Å². The smallest absolute Gasteiger partial charge is 0.234 e. The molecule has 0 heterocycles. The topological polar surface area (TPSA) is 58.4 Å². The van der Waals surface area contributed by atoms with E-state index in [9.17, 15) is 4.79 Å². The molecule has 4 nitrogen and oxygen atoms in total. The molecule has 1 amide bonds. The van der Waals surface area contributed by atoms with E-state index in [-0.39, 0.29) is 5.91 Å². The van der Waals surface area contributed by atoms with Crippen molar-refractivity contribution in [1.82, 2.24) is 10.2 Å². The highest BCUT2D eigenvalue weighted by molar-refractivity contribution is 6.31. The third kappa shape index (κ3) is 5.90. The Morgan fingerprint density at radius 2 is 2.15 bits per heavy atom. The quantitative estimate of drug-likeness (QED) is 0.809. The zero-order valence-electron chi connectivity index (χ0n) is 12.4. The molecular formula is C15H24ClN3O. The minimum Gasteiger partial charge on any atom is -0.355 e. The van der Waals surface area contributed by atoms with Crippen molar-refractivity contribution in [3.05, 3.63) is 34.3 Å². The standard InChI is InChI=1S/C15H24ClN3O/c1-11(2)8-18-15(20)10-19(3)9-13-5-4-12(7-17)6-14(13)16/h4-6,11H,7-10,17H2,1-3H3,(H,18,20). The van der Waals surface area contributed by atoms with Gasteiger partial charge in [-0.3, -0.25) is 9.69 Å². The van der Waals surface area contributed by atoms with Gasteiger partial charge in [-0.15, -0.1) is 0 Å². The van der Waals surface area contributed by atoms with Crippen LogP contribution in [0.1, 0.15) is 25.0 Å². The summed E-state index contributed by atoms with van der Waals surface area (Å²) in [6.07, 6.45) is 0. The lowest BCUT2D eigenvalue weighted by molar-refractivity contribution is -0.122. The molecule has 0 aliphatic carbocycles. The predicted molar refractivity (Wildman–Crippen MR) is 83.5 cm³/mol. The van der Waals surface area contributed by atoms with Crippen molar-refractivity contribution in [1.29, 1.82) is 0 Å². The number of benzene rings is 1. The number of hydrogen-bond acceptors (Lipinski definition) is 3. The van der Waals surface area contributed by atoms with Gasteiger partial charge < -0.3 is 11.1 Å². The number of likely N-dealkylation sites (N-methyl/N-ethyl adjacent to an activating group) is 1. The molecule has 1 aromatic rings. The first-order valence-electron chi connectivity index (χ1n) is 6.85. The molecule has 0 aliphatic rings. The maximum Gasteiger partial charge on any atom is 0.234 e. The Morgan fingerprint density at radius 1 is 1.45 bits per heavy atom. The van der Waals surface area contributed by atoms with Gasteiger partial charge in [0.2, 0.25) is 5.91 Å². The summed E-state index contributed by atoms with van der Waals surface area (Å²) in [6, 6.07) is 5.81. The summed E-state index contributed by atoms with van der Waals surface area (Å²) >= 11 is 6.21. The van der Waals surface area contributed by atoms with Gasteiger partial charge in [-0.05, 0) is 30.2 Å². The monoisotopic (exact) mass is 297 g/mol. The number of nitrogens with one attached hydrogen (secondary N) is 1. The van der Waals surface area contributed by atoms with Gasteiger partial charge in [0.15, 0.2) is 0 Å². The lowest BCUT2D eigenvalue weighted by Crippen LogP contribution is -2.36. The van der Waals surface area contributed by atoms with E-state index in [0.717, 1.165) is 11.1 Å². The van der Waals surface area contributed by atoms with Crippen LogP contribution in [0.15, 0.2) is 18.2 Å². The fourth-order valence-corrected chi connectivity index (χ4v) is 2.07. The molecule has 0 aromatic heterocycles. The van der Waals surface area contributed by atoms with Crippen LogP contribution in [0, 0.1) is 5.92 Å². The first-order valence-corrected chi connectivity index (χ1v) is 7.22. The van der Waals surface area contributed by atoms with Crippen molar-refractivity contribution in [3.8, 4) is 0 Å². The van der Waals surface area contributed by atoms with Crippen LogP contribution in [0.5, 0.6) is 0 Å². The van der Waals surface area contributed by atoms with Gasteiger partial charge in [0.05, 0.1) is 6.54 Å². The van der Waals surface area contributed by atoms with E-state index in [2.05, 4.69) is 19.2 Å². The van der Waals surface area contributed by atoms with E-state index < -0.39 is 0 Å². The number of amides is 1. The van der Waals surface area contributed by atoms with E-state index in [1.54, 1.807) is 0 Å². The van der Waals surface area contributed by atoms with Crippen molar-refractivity contribution in [2.45, 2.75) is 26.9 Å². The molecule has 0 aliphatic heterocycles. The van der Waals surface area contributed by atoms with Crippen LogP contribution in [0.25, 0.3) is 0 Å². The normalized spacial score (nSPS) is 11.2. The van der Waals surface area contributed by atoms with Crippen LogP contribution in [0.2, 0.25) is 5.02 Å². The van der Waals surface area contributed by atoms with Crippen LogP contribution in [0.3, 0.4) is 0 Å². The van der Waals surface area contributed by atoms with Crippen molar-refractivity contribution in [3.63, 3.8) is 0 Å². The fourth-order valence-electron chi connectivity index (χ4n) is 1.81. The van der Waals surface area contributed by atoms with Gasteiger partial charge >= 0.3 is 0 Å². The Hall–Kier alpha value is -1.10. The summed E-state index contributed by atoms with van der Waals surface area (Å²) in [4.78, 5) is 13.7. The molecular weight excluding hydrogens is 274 g/mol. The minimum absolute atomic E-state index is 0.0379. The molecule has 0 radical (unpaired) electrons. The second-order valence-electron chi connectivity index (χ2n) is 5.50. The van der Waals surface area contributed by atoms with Crippen LogP contribution < -0.4 is 11.1 Å². The molecule has 3 N–H and O–H groups in total. The molecule has 0 saturated carbocycles. The third-order valence-electron chi connectivity index (χ3n) is 2.91. The maximum atomic E-state index is 11.7. The lowest BCUT2D eigenvalue weighted by Gasteiger charge is -2.18. The Bertz CT molecular complexity index is 449. The molecule has 5 heteroatoms. The lowest BCUT2D eigenvalue weighted by atomic mass is 10.1. The van der Waals surface area contributed by atoms with Crippen LogP contribution in [-0.4, -0.2) is 30.9 Å². The van der Waals surface area contributed by atoms with Crippen molar-refractivity contribution < 1.29 is 4.79 Å². The Balaban J connectivity index is 2.49. The summed E-state index contributed by atoms with van der Waals surface area (Å²) in [7, 11) is 1.90. The van der Waals surface area contributed by atoms with Gasteiger partial charge in [-0.1, -0.05) is 37.6 Å². The third-order valence-corrected chi connectivity index (χ3v) is 3.27. The van der Waals surface area contributed by atoms with Crippen LogP contribution in [-0.2, 0) is 17.9 Å². The second-order valence-corrected chi connectivity index (χ2v) is 5.91. The number of rotatable bonds is 7. The number of carbonyl (C=O) groups excluding carboxylic acids is 1. The van der Waals surface area contributed by atoms with E-state index >= 15 is 0 Å². The molecule has 112 valence electrons. The number of nitrogens with zero attached hydrogens (tertiary/aromatic N) is 1. The first kappa shape index (κ1) is 17.0. The minimum atomic E-state index is 0.0379. The summed E-state index contributed by atoms with van der Waals surface area (Å²) < 4.78 is 0. The van der Waals surface area contributed by atoms with Crippen molar-refractivity contribution in [2.75, 3.05) is 20.1 Å². The number of halogens is 1. The average molecular weight is 298 g/mol. The molecule has 0 atom stereocenters. The molecule has 1 rings (SSSR count). The zero-order chi connectivity index (χ0) is 15.1. The highest BCUT2D eigenvalue weighted by atomic mass is 35.5. The zero-order valence-corrected chi connectivity index (χ0v) is 13.2. The highest BCUT2D eigenvalue weighted by Crippen LogP contribution is 2.19. The molecule has 20 heavy (non-hydrogen) atoms. The molecule has 0 bridgehead atoms. The van der Waals surface area contributed by atoms with Crippen molar-refractivity contribution in [2.24, 2.45) is 11.7 Å². The summed E-state index contributed by atoms with van der Waals surface area (Å²) in [5.74, 6) is 0.499. The van der Waals surface area contributed by atoms with Crippen molar-refractivity contribution >= 4 is 17.5 Å². The molecule has 0 unspecified atom stereocenters. The summed E-state index contributed by atoms with van der Waals surface area (Å²) in [6.45, 7) is 6.33. The van der Waals surface area contributed by atoms with Gasteiger partial charge in [0, 0.05) is 24.7 Å². The summed E-state index contributed by atoms with van der Waals surface area (Å²) in [5, 5.41) is 3.60. The summed E-state index contributed by atoms with van der Waals surface area (Å²) in [5.41, 5.74) is 7.58. The average Bonchev–Trinajstić information content (AvgIpc) is 2.38. The van der Waals surface area contributed by atoms with Crippen LogP contribution in [0.4, 0.5) is 0 Å². The Labute approximate surface area is 126 Å². The Kier molecular flexibility index (Phi) is 6.99. The number of nitrogens with two attached hydrogens (primary N) is 1. The second kappa shape index (κ2) is 8.25. The van der Waals surface area contributed by atoms with Gasteiger partial charge in [0.1, 0.15) is 0 Å². The van der Waals surface area contributed by atoms with E-state index in [0.29, 0.717) is 37.1 Å². The molecule has 0 fully saturated rings. The maximum absolute atomic E-state index is 11.7. The van der Waals surface area contributed by atoms with Gasteiger partial charge in [-0.2, -0.15) is 0 Å². The predicted octanol–water partition coefficient (Wildman–Crippen LogP) is 2.00. The van der Waals surface area contributed by atoms with Gasteiger partial charge in [-0.25, -0.2) is 0 Å². The first-order chi connectivity index (χ1) is 9.42. The molecule has 0 spiro atoms. The highest BCUT2D eigenvalue weighted by Gasteiger charge is 2.09. The number of carbonyl (C=O) groups is 1. The SMILES string of the molecule is CC(C)CNC(=O)CN(C)Cc1ccc(CN)cc1Cl.